The quantitative estimate of drug-likeness (QED) is 0.785. The summed E-state index contributed by atoms with van der Waals surface area (Å²) in [7, 11) is 3.50. The summed E-state index contributed by atoms with van der Waals surface area (Å²) in [6.07, 6.45) is 2.34. The molecular weight excluding hydrogens is 262 g/mol. The smallest absolute Gasteiger partial charge is 0.253 e. The molecule has 0 unspecified atom stereocenters. The van der Waals surface area contributed by atoms with E-state index in [9.17, 15) is 4.79 Å². The van der Waals surface area contributed by atoms with Crippen LogP contribution in [0.3, 0.4) is 0 Å². The molecule has 0 bridgehead atoms. The van der Waals surface area contributed by atoms with Crippen molar-refractivity contribution in [1.29, 1.82) is 0 Å². The van der Waals surface area contributed by atoms with Gasteiger partial charge in [0.2, 0.25) is 0 Å². The largest absolute Gasteiger partial charge is 0.397 e. The highest BCUT2D eigenvalue weighted by Gasteiger charge is 2.15. The monoisotopic (exact) mass is 291 g/mol. The lowest BCUT2D eigenvalue weighted by Gasteiger charge is -2.28. The van der Waals surface area contributed by atoms with Crippen molar-refractivity contribution in [2.24, 2.45) is 5.92 Å². The standard InChI is InChI=1S/C17H29N3O/c1-6-13(7-2)12-20(8-3)16-10-9-14(11-15(16)18)17(21)19(4)5/h9-11,13H,6-8,12,18H2,1-5H3. The third-order valence-corrected chi connectivity index (χ3v) is 4.04. The van der Waals surface area contributed by atoms with Crippen LogP contribution < -0.4 is 10.6 Å². The molecule has 0 radical (unpaired) electrons. The Morgan fingerprint density at radius 2 is 1.81 bits per heavy atom. The summed E-state index contributed by atoms with van der Waals surface area (Å²) in [6, 6.07) is 5.62. The number of amides is 1. The first kappa shape index (κ1) is 17.3. The first-order valence-electron chi connectivity index (χ1n) is 7.80. The van der Waals surface area contributed by atoms with E-state index in [1.807, 2.05) is 12.1 Å². The van der Waals surface area contributed by atoms with Gasteiger partial charge in [-0.15, -0.1) is 0 Å². The van der Waals surface area contributed by atoms with Crippen molar-refractivity contribution in [3.05, 3.63) is 23.8 Å². The van der Waals surface area contributed by atoms with Gasteiger partial charge in [0.1, 0.15) is 0 Å². The molecule has 0 atom stereocenters. The van der Waals surface area contributed by atoms with Gasteiger partial charge in [-0.05, 0) is 31.0 Å². The Morgan fingerprint density at radius 3 is 2.24 bits per heavy atom. The third-order valence-electron chi connectivity index (χ3n) is 4.04. The molecule has 1 rings (SSSR count). The van der Waals surface area contributed by atoms with Crippen LogP contribution >= 0.6 is 0 Å². The van der Waals surface area contributed by atoms with Gasteiger partial charge in [-0.1, -0.05) is 26.7 Å². The Bertz CT molecular complexity index is 467. The molecule has 0 saturated heterocycles. The van der Waals surface area contributed by atoms with Crippen molar-refractivity contribution in [2.75, 3.05) is 37.8 Å². The first-order chi connectivity index (χ1) is 9.94. The lowest BCUT2D eigenvalue weighted by Crippen LogP contribution is -2.30. The molecule has 2 N–H and O–H groups in total. The van der Waals surface area contributed by atoms with Gasteiger partial charge in [0, 0.05) is 32.7 Å². The number of carbonyl (C=O) groups is 1. The van der Waals surface area contributed by atoms with E-state index in [1.54, 1.807) is 25.1 Å². The lowest BCUT2D eigenvalue weighted by atomic mass is 10.0. The van der Waals surface area contributed by atoms with E-state index >= 15 is 0 Å². The summed E-state index contributed by atoms with van der Waals surface area (Å²) in [6.45, 7) is 8.52. The number of carbonyl (C=O) groups excluding carboxylic acids is 1. The van der Waals surface area contributed by atoms with Gasteiger partial charge in [0.15, 0.2) is 0 Å². The van der Waals surface area contributed by atoms with Crippen molar-refractivity contribution in [3.8, 4) is 0 Å². The highest BCUT2D eigenvalue weighted by Crippen LogP contribution is 2.26. The van der Waals surface area contributed by atoms with Crippen molar-refractivity contribution < 1.29 is 4.79 Å². The van der Waals surface area contributed by atoms with Crippen LogP contribution in [0.4, 0.5) is 11.4 Å². The van der Waals surface area contributed by atoms with Gasteiger partial charge < -0.3 is 15.5 Å². The molecule has 0 spiro atoms. The van der Waals surface area contributed by atoms with Crippen LogP contribution in [0, 0.1) is 5.92 Å². The summed E-state index contributed by atoms with van der Waals surface area (Å²) in [5.74, 6) is 0.656. The molecule has 0 fully saturated rings. The van der Waals surface area contributed by atoms with Crippen LogP contribution in [0.15, 0.2) is 18.2 Å². The number of hydrogen-bond acceptors (Lipinski definition) is 3. The molecule has 0 heterocycles. The zero-order chi connectivity index (χ0) is 16.0. The fourth-order valence-electron chi connectivity index (χ4n) is 2.49. The van der Waals surface area contributed by atoms with Gasteiger partial charge >= 0.3 is 0 Å². The second-order valence-electron chi connectivity index (χ2n) is 5.69. The van der Waals surface area contributed by atoms with Crippen molar-refractivity contribution in [1.82, 2.24) is 4.90 Å². The highest BCUT2D eigenvalue weighted by molar-refractivity contribution is 5.95. The van der Waals surface area contributed by atoms with Gasteiger partial charge in [0.05, 0.1) is 11.4 Å². The fraction of sp³-hybridized carbons (Fsp3) is 0.588. The minimum atomic E-state index is -0.0173. The number of nitrogens with zero attached hydrogens (tertiary/aromatic N) is 2. The number of hydrogen-bond donors (Lipinski definition) is 1. The van der Waals surface area contributed by atoms with Crippen LogP contribution in [0.1, 0.15) is 44.0 Å². The van der Waals surface area contributed by atoms with E-state index in [-0.39, 0.29) is 5.91 Å². The average Bonchev–Trinajstić information content (AvgIpc) is 2.48. The summed E-state index contributed by atoms with van der Waals surface area (Å²) >= 11 is 0. The Labute approximate surface area is 128 Å². The average molecular weight is 291 g/mol. The molecule has 0 aliphatic rings. The highest BCUT2D eigenvalue weighted by atomic mass is 16.2. The van der Waals surface area contributed by atoms with Gasteiger partial charge in [-0.25, -0.2) is 0 Å². The minimum absolute atomic E-state index is 0.0173. The maximum Gasteiger partial charge on any atom is 0.253 e. The van der Waals surface area contributed by atoms with E-state index in [0.29, 0.717) is 17.2 Å². The summed E-state index contributed by atoms with van der Waals surface area (Å²) in [5.41, 5.74) is 8.52. The molecule has 0 aliphatic heterocycles. The van der Waals surface area contributed by atoms with Crippen molar-refractivity contribution >= 4 is 17.3 Å². The predicted molar refractivity (Wildman–Crippen MR) is 90.8 cm³/mol. The van der Waals surface area contributed by atoms with Crippen LogP contribution in [0.25, 0.3) is 0 Å². The topological polar surface area (TPSA) is 49.6 Å². The molecule has 1 aromatic carbocycles. The van der Waals surface area contributed by atoms with Gasteiger partial charge in [0.25, 0.3) is 5.91 Å². The maximum absolute atomic E-state index is 12.0. The fourth-order valence-corrected chi connectivity index (χ4v) is 2.49. The Hall–Kier alpha value is -1.71. The normalized spacial score (nSPS) is 10.8. The number of nitrogens with two attached hydrogens (primary N) is 1. The first-order valence-corrected chi connectivity index (χ1v) is 7.80. The Morgan fingerprint density at radius 1 is 1.19 bits per heavy atom. The van der Waals surface area contributed by atoms with E-state index in [2.05, 4.69) is 25.7 Å². The number of rotatable bonds is 7. The molecule has 21 heavy (non-hydrogen) atoms. The number of nitrogen functional groups attached to an aromatic ring is 1. The SMILES string of the molecule is CCC(CC)CN(CC)c1ccc(C(=O)N(C)C)cc1N. The molecule has 4 nitrogen and oxygen atoms in total. The zero-order valence-electron chi connectivity index (χ0n) is 14.0. The second-order valence-corrected chi connectivity index (χ2v) is 5.69. The molecular formula is C17H29N3O. The molecule has 0 aromatic heterocycles. The lowest BCUT2D eigenvalue weighted by molar-refractivity contribution is 0.0827. The molecule has 0 aliphatic carbocycles. The molecule has 0 saturated carbocycles. The van der Waals surface area contributed by atoms with E-state index in [1.165, 1.54) is 12.8 Å². The summed E-state index contributed by atoms with van der Waals surface area (Å²) in [4.78, 5) is 15.8. The van der Waals surface area contributed by atoms with E-state index in [4.69, 9.17) is 5.73 Å². The van der Waals surface area contributed by atoms with Gasteiger partial charge in [-0.3, -0.25) is 4.79 Å². The van der Waals surface area contributed by atoms with E-state index in [0.717, 1.165) is 18.8 Å². The zero-order valence-corrected chi connectivity index (χ0v) is 14.0. The third kappa shape index (κ3) is 4.38. The van der Waals surface area contributed by atoms with E-state index < -0.39 is 0 Å². The van der Waals surface area contributed by atoms with Gasteiger partial charge in [-0.2, -0.15) is 0 Å². The van der Waals surface area contributed by atoms with Crippen molar-refractivity contribution in [2.45, 2.75) is 33.6 Å². The van der Waals surface area contributed by atoms with Crippen LogP contribution in [-0.2, 0) is 0 Å². The Balaban J connectivity index is 2.98. The summed E-state index contributed by atoms with van der Waals surface area (Å²) in [5, 5.41) is 0. The number of benzene rings is 1. The predicted octanol–water partition coefficient (Wildman–Crippen LogP) is 3.23. The molecule has 4 heteroatoms. The molecule has 118 valence electrons. The van der Waals surface area contributed by atoms with Crippen LogP contribution in [-0.4, -0.2) is 38.0 Å². The van der Waals surface area contributed by atoms with Crippen molar-refractivity contribution in [3.63, 3.8) is 0 Å². The summed E-state index contributed by atoms with van der Waals surface area (Å²) < 4.78 is 0. The second kappa shape index (κ2) is 7.91. The van der Waals surface area contributed by atoms with Crippen LogP contribution in [0.2, 0.25) is 0 Å². The molecule has 1 aromatic rings. The Kier molecular flexibility index (Phi) is 6.53. The minimum Gasteiger partial charge on any atom is -0.397 e. The van der Waals surface area contributed by atoms with Crippen LogP contribution in [0.5, 0.6) is 0 Å². The number of anilines is 2. The maximum atomic E-state index is 12.0. The molecule has 1 amide bonds.